The van der Waals surface area contributed by atoms with Crippen molar-refractivity contribution >= 4 is 12.0 Å². The molecular formula is C13H20N4O3. The number of rotatable bonds is 5. The van der Waals surface area contributed by atoms with Crippen molar-refractivity contribution in [3.63, 3.8) is 0 Å². The van der Waals surface area contributed by atoms with Gasteiger partial charge in [0.05, 0.1) is 6.42 Å². The summed E-state index contributed by atoms with van der Waals surface area (Å²) in [5.41, 5.74) is 0. The van der Waals surface area contributed by atoms with E-state index in [-0.39, 0.29) is 18.5 Å². The van der Waals surface area contributed by atoms with Crippen molar-refractivity contribution in [3.05, 3.63) is 18.2 Å². The molecule has 1 aliphatic rings. The van der Waals surface area contributed by atoms with Crippen molar-refractivity contribution in [2.75, 3.05) is 13.1 Å². The molecule has 1 atom stereocenters. The molecule has 0 radical (unpaired) electrons. The molecule has 7 heteroatoms. The van der Waals surface area contributed by atoms with E-state index in [1.807, 2.05) is 17.8 Å². The maximum Gasteiger partial charge on any atom is 0.317 e. The lowest BCUT2D eigenvalue weighted by Gasteiger charge is -2.23. The van der Waals surface area contributed by atoms with Crippen molar-refractivity contribution in [2.45, 2.75) is 31.7 Å². The molecule has 1 aromatic rings. The average molecular weight is 280 g/mol. The minimum absolute atomic E-state index is 0.0206. The molecule has 0 bridgehead atoms. The number of aryl methyl sites for hydroxylation is 1. The van der Waals surface area contributed by atoms with Crippen molar-refractivity contribution in [3.8, 4) is 0 Å². The summed E-state index contributed by atoms with van der Waals surface area (Å²) < 4.78 is 1.91. The molecular weight excluding hydrogens is 260 g/mol. The molecule has 2 amide bonds. The zero-order chi connectivity index (χ0) is 14.5. The second-order valence-corrected chi connectivity index (χ2v) is 5.02. The number of hydrogen-bond donors (Lipinski definition) is 2. The summed E-state index contributed by atoms with van der Waals surface area (Å²) in [5.74, 6) is 0.0523. The van der Waals surface area contributed by atoms with Crippen LogP contribution in [0.4, 0.5) is 4.79 Å². The first-order valence-electron chi connectivity index (χ1n) is 6.80. The van der Waals surface area contributed by atoms with Gasteiger partial charge in [-0.05, 0) is 12.8 Å². The number of likely N-dealkylation sites (tertiary alicyclic amines) is 1. The molecule has 2 N–H and O–H groups in total. The van der Waals surface area contributed by atoms with Gasteiger partial charge in [0.25, 0.3) is 0 Å². The third-order valence-corrected chi connectivity index (χ3v) is 3.59. The number of aromatic nitrogens is 2. The highest BCUT2D eigenvalue weighted by Gasteiger charge is 2.30. The molecule has 0 saturated carbocycles. The third kappa shape index (κ3) is 3.49. The largest absolute Gasteiger partial charge is 0.481 e. The van der Waals surface area contributed by atoms with Gasteiger partial charge in [0, 0.05) is 45.0 Å². The van der Waals surface area contributed by atoms with E-state index in [1.165, 1.54) is 0 Å². The highest BCUT2D eigenvalue weighted by atomic mass is 16.4. The minimum Gasteiger partial charge on any atom is -0.481 e. The molecule has 20 heavy (non-hydrogen) atoms. The Morgan fingerprint density at radius 3 is 3.00 bits per heavy atom. The highest BCUT2D eigenvalue weighted by Crippen LogP contribution is 2.19. The van der Waals surface area contributed by atoms with Gasteiger partial charge in [0.1, 0.15) is 5.82 Å². The molecule has 1 saturated heterocycles. The van der Waals surface area contributed by atoms with E-state index in [9.17, 15) is 9.59 Å². The number of carboxylic acids is 1. The number of hydrogen-bond acceptors (Lipinski definition) is 3. The van der Waals surface area contributed by atoms with Crippen LogP contribution in [0, 0.1) is 0 Å². The zero-order valence-corrected chi connectivity index (χ0v) is 11.6. The first kappa shape index (κ1) is 14.4. The SMILES string of the molecule is Cn1ccnc1CCNC(=O)N1CCCC1CC(=O)O. The van der Waals surface area contributed by atoms with Gasteiger partial charge in [-0.15, -0.1) is 0 Å². The lowest BCUT2D eigenvalue weighted by Crippen LogP contribution is -2.44. The molecule has 7 nitrogen and oxygen atoms in total. The Kier molecular flexibility index (Phi) is 4.60. The first-order valence-corrected chi connectivity index (χ1v) is 6.80. The third-order valence-electron chi connectivity index (χ3n) is 3.59. The van der Waals surface area contributed by atoms with Gasteiger partial charge in [0.2, 0.25) is 0 Å². The van der Waals surface area contributed by atoms with Crippen molar-refractivity contribution in [2.24, 2.45) is 7.05 Å². The van der Waals surface area contributed by atoms with E-state index in [4.69, 9.17) is 5.11 Å². The van der Waals surface area contributed by atoms with Gasteiger partial charge in [0.15, 0.2) is 0 Å². The minimum atomic E-state index is -0.859. The van der Waals surface area contributed by atoms with Crippen LogP contribution in [0.2, 0.25) is 0 Å². The van der Waals surface area contributed by atoms with Crippen LogP contribution in [0.15, 0.2) is 12.4 Å². The number of aliphatic carboxylic acids is 1. The predicted octanol–water partition coefficient (Wildman–Crippen LogP) is 0.611. The van der Waals surface area contributed by atoms with E-state index < -0.39 is 5.97 Å². The number of nitrogens with zero attached hydrogens (tertiary/aromatic N) is 3. The first-order chi connectivity index (χ1) is 9.58. The smallest absolute Gasteiger partial charge is 0.317 e. The zero-order valence-electron chi connectivity index (χ0n) is 11.6. The van der Waals surface area contributed by atoms with Crippen LogP contribution in [-0.4, -0.2) is 50.7 Å². The normalized spacial score (nSPS) is 18.2. The molecule has 1 aromatic heterocycles. The molecule has 2 rings (SSSR count). The molecule has 2 heterocycles. The molecule has 0 aromatic carbocycles. The van der Waals surface area contributed by atoms with Crippen LogP contribution in [0.5, 0.6) is 0 Å². The van der Waals surface area contributed by atoms with E-state index in [0.717, 1.165) is 18.7 Å². The Morgan fingerprint density at radius 2 is 2.35 bits per heavy atom. The van der Waals surface area contributed by atoms with Crippen LogP contribution in [0.25, 0.3) is 0 Å². The maximum absolute atomic E-state index is 12.0. The van der Waals surface area contributed by atoms with E-state index in [0.29, 0.717) is 19.5 Å². The number of carbonyl (C=O) groups excluding carboxylic acids is 1. The van der Waals surface area contributed by atoms with Gasteiger partial charge in [-0.2, -0.15) is 0 Å². The van der Waals surface area contributed by atoms with Crippen LogP contribution in [0.1, 0.15) is 25.1 Å². The Labute approximate surface area is 117 Å². The van der Waals surface area contributed by atoms with Crippen molar-refractivity contribution < 1.29 is 14.7 Å². The van der Waals surface area contributed by atoms with Gasteiger partial charge < -0.3 is 19.9 Å². The summed E-state index contributed by atoms with van der Waals surface area (Å²) in [5, 5.41) is 11.7. The second-order valence-electron chi connectivity index (χ2n) is 5.02. The monoisotopic (exact) mass is 280 g/mol. The summed E-state index contributed by atoms with van der Waals surface area (Å²) in [6, 6.07) is -0.358. The lowest BCUT2D eigenvalue weighted by atomic mass is 10.1. The summed E-state index contributed by atoms with van der Waals surface area (Å²) in [7, 11) is 1.91. The molecule has 1 fully saturated rings. The number of urea groups is 1. The van der Waals surface area contributed by atoms with E-state index in [2.05, 4.69) is 10.3 Å². The number of imidazole rings is 1. The summed E-state index contributed by atoms with van der Waals surface area (Å²) in [6.07, 6.45) is 5.89. The molecule has 110 valence electrons. The number of nitrogens with one attached hydrogen (secondary N) is 1. The highest BCUT2D eigenvalue weighted by molar-refractivity contribution is 5.76. The fourth-order valence-electron chi connectivity index (χ4n) is 2.54. The van der Waals surface area contributed by atoms with Crippen molar-refractivity contribution in [1.82, 2.24) is 19.8 Å². The average Bonchev–Trinajstić information content (AvgIpc) is 2.98. The van der Waals surface area contributed by atoms with Crippen LogP contribution >= 0.6 is 0 Å². The maximum atomic E-state index is 12.0. The molecule has 0 spiro atoms. The predicted molar refractivity (Wildman–Crippen MR) is 72.3 cm³/mol. The standard InChI is InChI=1S/C13H20N4O3/c1-16-8-6-14-11(16)4-5-15-13(20)17-7-2-3-10(17)9-12(18)19/h6,8,10H,2-5,7,9H2,1H3,(H,15,20)(H,18,19). The summed E-state index contributed by atoms with van der Waals surface area (Å²) in [4.78, 5) is 28.6. The molecule has 1 aliphatic heterocycles. The number of carbonyl (C=O) groups is 2. The Bertz CT molecular complexity index is 486. The summed E-state index contributed by atoms with van der Waals surface area (Å²) in [6.45, 7) is 1.13. The van der Waals surface area contributed by atoms with Crippen LogP contribution in [0.3, 0.4) is 0 Å². The number of carboxylic acid groups (broad SMARTS) is 1. The van der Waals surface area contributed by atoms with Crippen molar-refractivity contribution in [1.29, 1.82) is 0 Å². The fraction of sp³-hybridized carbons (Fsp3) is 0.615. The van der Waals surface area contributed by atoms with Gasteiger partial charge in [-0.25, -0.2) is 9.78 Å². The quantitative estimate of drug-likeness (QED) is 0.827. The second kappa shape index (κ2) is 6.40. The van der Waals surface area contributed by atoms with Gasteiger partial charge in [-0.3, -0.25) is 4.79 Å². The van der Waals surface area contributed by atoms with Crippen LogP contribution < -0.4 is 5.32 Å². The topological polar surface area (TPSA) is 87.5 Å². The van der Waals surface area contributed by atoms with E-state index in [1.54, 1.807) is 11.1 Å². The summed E-state index contributed by atoms with van der Waals surface area (Å²) >= 11 is 0. The Morgan fingerprint density at radius 1 is 1.55 bits per heavy atom. The van der Waals surface area contributed by atoms with Gasteiger partial charge in [-0.1, -0.05) is 0 Å². The molecule has 1 unspecified atom stereocenters. The number of amides is 2. The van der Waals surface area contributed by atoms with Gasteiger partial charge >= 0.3 is 12.0 Å². The van der Waals surface area contributed by atoms with E-state index >= 15 is 0 Å². The molecule has 0 aliphatic carbocycles. The Balaban J connectivity index is 1.79. The van der Waals surface area contributed by atoms with Crippen LogP contribution in [-0.2, 0) is 18.3 Å². The lowest BCUT2D eigenvalue weighted by molar-refractivity contribution is -0.137. The fourth-order valence-corrected chi connectivity index (χ4v) is 2.54. The Hall–Kier alpha value is -2.05.